The number of hydrogen-bond acceptors (Lipinski definition) is 3. The number of carbonyl (C=O) groups is 1. The van der Waals surface area contributed by atoms with Gasteiger partial charge in [-0.3, -0.25) is 9.48 Å². The molecule has 1 aromatic rings. The van der Waals surface area contributed by atoms with E-state index < -0.39 is 0 Å². The van der Waals surface area contributed by atoms with E-state index in [1.165, 1.54) is 0 Å². The molecule has 124 valence electrons. The molecule has 8 heteroatoms. The molecule has 22 heavy (non-hydrogen) atoms. The fraction of sp³-hybridized carbons (Fsp3) is 0.643. The highest BCUT2D eigenvalue weighted by molar-refractivity contribution is 14.0. The van der Waals surface area contributed by atoms with Gasteiger partial charge in [0.1, 0.15) is 0 Å². The first-order valence-electron chi connectivity index (χ1n) is 7.47. The molecule has 0 radical (unpaired) electrons. The molecule has 1 fully saturated rings. The van der Waals surface area contributed by atoms with E-state index in [0.29, 0.717) is 19.6 Å². The third-order valence-corrected chi connectivity index (χ3v) is 3.33. The van der Waals surface area contributed by atoms with Gasteiger partial charge >= 0.3 is 0 Å². The molecule has 1 aromatic heterocycles. The molecule has 7 nitrogen and oxygen atoms in total. The largest absolute Gasteiger partial charge is 0.357 e. The van der Waals surface area contributed by atoms with Crippen LogP contribution in [-0.4, -0.2) is 41.3 Å². The van der Waals surface area contributed by atoms with Gasteiger partial charge in [-0.25, -0.2) is 4.99 Å². The van der Waals surface area contributed by atoms with Crippen LogP contribution >= 0.6 is 24.0 Å². The molecule has 3 N–H and O–H groups in total. The van der Waals surface area contributed by atoms with Crippen molar-refractivity contribution in [2.45, 2.75) is 26.3 Å². The van der Waals surface area contributed by atoms with E-state index in [-0.39, 0.29) is 35.8 Å². The summed E-state index contributed by atoms with van der Waals surface area (Å²) in [4.78, 5) is 16.0. The molecule has 0 saturated heterocycles. The zero-order valence-corrected chi connectivity index (χ0v) is 15.5. The number of hydrogen-bond donors (Lipinski definition) is 3. The summed E-state index contributed by atoms with van der Waals surface area (Å²) in [5.74, 6) is 1.18. The highest BCUT2D eigenvalue weighted by Gasteiger charge is 2.28. The summed E-state index contributed by atoms with van der Waals surface area (Å²) in [5, 5.41) is 13.4. The van der Waals surface area contributed by atoms with Crippen molar-refractivity contribution in [1.29, 1.82) is 0 Å². The molecule has 1 aliphatic carbocycles. The molecule has 0 aromatic carbocycles. The second kappa shape index (κ2) is 9.65. The van der Waals surface area contributed by atoms with E-state index in [1.807, 2.05) is 24.7 Å². The Labute approximate surface area is 148 Å². The number of aryl methyl sites for hydroxylation is 1. The smallest absolute Gasteiger partial charge is 0.223 e. The lowest BCUT2D eigenvalue weighted by Crippen LogP contribution is -2.41. The minimum Gasteiger partial charge on any atom is -0.357 e. The average molecular weight is 420 g/mol. The van der Waals surface area contributed by atoms with Crippen molar-refractivity contribution < 1.29 is 4.79 Å². The van der Waals surface area contributed by atoms with Gasteiger partial charge in [-0.15, -0.1) is 24.0 Å². The van der Waals surface area contributed by atoms with E-state index in [1.54, 1.807) is 6.20 Å². The van der Waals surface area contributed by atoms with Gasteiger partial charge in [-0.1, -0.05) is 0 Å². The van der Waals surface area contributed by atoms with Crippen molar-refractivity contribution in [3.63, 3.8) is 0 Å². The Balaban J connectivity index is 0.00000242. The predicted molar refractivity (Wildman–Crippen MR) is 97.2 cm³/mol. The van der Waals surface area contributed by atoms with Gasteiger partial charge < -0.3 is 16.0 Å². The summed E-state index contributed by atoms with van der Waals surface area (Å²) in [6.45, 7) is 4.67. The van der Waals surface area contributed by atoms with Crippen molar-refractivity contribution in [3.8, 4) is 0 Å². The Morgan fingerprint density at radius 3 is 2.68 bits per heavy atom. The standard InChI is InChI=1S/C14H24N6O.HI/c1-3-15-14(18-10-12-6-7-19-20(12)2)17-9-8-16-13(21)11-4-5-11;/h6-7,11H,3-5,8-10H2,1-2H3,(H,16,21)(H2,15,17,18);1H. The van der Waals surface area contributed by atoms with Crippen LogP contribution in [0.5, 0.6) is 0 Å². The van der Waals surface area contributed by atoms with Crippen LogP contribution in [0.4, 0.5) is 0 Å². The maximum atomic E-state index is 11.5. The summed E-state index contributed by atoms with van der Waals surface area (Å²) in [6.07, 6.45) is 3.83. The van der Waals surface area contributed by atoms with E-state index in [9.17, 15) is 4.79 Å². The molecule has 1 aliphatic rings. The Kier molecular flexibility index (Phi) is 8.21. The first-order chi connectivity index (χ1) is 10.2. The molecule has 0 atom stereocenters. The topological polar surface area (TPSA) is 83.3 Å². The van der Waals surface area contributed by atoms with E-state index in [4.69, 9.17) is 0 Å². The van der Waals surface area contributed by atoms with Gasteiger partial charge in [0.25, 0.3) is 0 Å². The van der Waals surface area contributed by atoms with Crippen molar-refractivity contribution >= 4 is 35.8 Å². The fourth-order valence-electron chi connectivity index (χ4n) is 1.91. The van der Waals surface area contributed by atoms with Crippen LogP contribution in [0.1, 0.15) is 25.5 Å². The number of nitrogens with one attached hydrogen (secondary N) is 3. The molecule has 1 heterocycles. The number of rotatable bonds is 7. The minimum atomic E-state index is 0. The van der Waals surface area contributed by atoms with Gasteiger partial charge in [-0.05, 0) is 25.8 Å². The molecule has 0 bridgehead atoms. The second-order valence-electron chi connectivity index (χ2n) is 5.13. The number of nitrogens with zero attached hydrogens (tertiary/aromatic N) is 3. The van der Waals surface area contributed by atoms with Crippen LogP contribution in [-0.2, 0) is 18.4 Å². The first-order valence-corrected chi connectivity index (χ1v) is 7.47. The molecule has 0 aliphatic heterocycles. The first kappa shape index (κ1) is 18.7. The Morgan fingerprint density at radius 2 is 2.09 bits per heavy atom. The van der Waals surface area contributed by atoms with Gasteiger partial charge in [-0.2, -0.15) is 5.10 Å². The summed E-state index contributed by atoms with van der Waals surface area (Å²) in [6, 6.07) is 1.95. The maximum absolute atomic E-state index is 11.5. The normalized spacial score (nSPS) is 14.2. The molecule has 1 amide bonds. The number of carbonyl (C=O) groups excluding carboxylic acids is 1. The fourth-order valence-corrected chi connectivity index (χ4v) is 1.91. The number of aromatic nitrogens is 2. The highest BCUT2D eigenvalue weighted by atomic mass is 127. The van der Waals surface area contributed by atoms with Gasteiger partial charge in [0, 0.05) is 38.8 Å². The Hall–Kier alpha value is -1.32. The molecular weight excluding hydrogens is 395 g/mol. The minimum absolute atomic E-state index is 0. The monoisotopic (exact) mass is 420 g/mol. The Morgan fingerprint density at radius 1 is 1.36 bits per heavy atom. The van der Waals surface area contributed by atoms with Gasteiger partial charge in [0.05, 0.1) is 12.2 Å². The maximum Gasteiger partial charge on any atom is 0.223 e. The lowest BCUT2D eigenvalue weighted by Gasteiger charge is -2.11. The van der Waals surface area contributed by atoms with Crippen LogP contribution in [0.2, 0.25) is 0 Å². The quantitative estimate of drug-likeness (QED) is 0.262. The third-order valence-electron chi connectivity index (χ3n) is 3.33. The third kappa shape index (κ3) is 6.20. The lowest BCUT2D eigenvalue weighted by molar-refractivity contribution is -0.122. The van der Waals surface area contributed by atoms with Crippen molar-refractivity contribution in [2.75, 3.05) is 19.6 Å². The lowest BCUT2D eigenvalue weighted by atomic mass is 10.4. The average Bonchev–Trinajstić information content (AvgIpc) is 3.24. The number of halogens is 1. The van der Waals surface area contributed by atoms with Crippen LogP contribution in [0.3, 0.4) is 0 Å². The molecule has 0 unspecified atom stereocenters. The SMILES string of the molecule is CCNC(=NCc1ccnn1C)NCCNC(=O)C1CC1.I. The summed E-state index contributed by atoms with van der Waals surface area (Å²) in [5.41, 5.74) is 1.05. The summed E-state index contributed by atoms with van der Waals surface area (Å²) >= 11 is 0. The van der Waals surface area contributed by atoms with E-state index in [0.717, 1.165) is 31.0 Å². The van der Waals surface area contributed by atoms with Crippen LogP contribution in [0.25, 0.3) is 0 Å². The summed E-state index contributed by atoms with van der Waals surface area (Å²) in [7, 11) is 1.90. The van der Waals surface area contributed by atoms with Gasteiger partial charge in [0.2, 0.25) is 5.91 Å². The number of aliphatic imine (C=N–C) groups is 1. The van der Waals surface area contributed by atoms with Crippen molar-refractivity contribution in [1.82, 2.24) is 25.7 Å². The summed E-state index contributed by atoms with van der Waals surface area (Å²) < 4.78 is 1.81. The highest BCUT2D eigenvalue weighted by Crippen LogP contribution is 2.28. The van der Waals surface area contributed by atoms with E-state index in [2.05, 4.69) is 26.0 Å². The van der Waals surface area contributed by atoms with Crippen molar-refractivity contribution in [2.24, 2.45) is 18.0 Å². The van der Waals surface area contributed by atoms with Crippen LogP contribution < -0.4 is 16.0 Å². The second-order valence-corrected chi connectivity index (χ2v) is 5.13. The van der Waals surface area contributed by atoms with Crippen LogP contribution in [0, 0.1) is 5.92 Å². The zero-order chi connectivity index (χ0) is 15.1. The Bertz CT molecular complexity index is 497. The molecule has 1 saturated carbocycles. The van der Waals surface area contributed by atoms with Crippen LogP contribution in [0.15, 0.2) is 17.3 Å². The molecule has 2 rings (SSSR count). The van der Waals surface area contributed by atoms with Crippen molar-refractivity contribution in [3.05, 3.63) is 18.0 Å². The number of amides is 1. The van der Waals surface area contributed by atoms with Gasteiger partial charge in [0.15, 0.2) is 5.96 Å². The van der Waals surface area contributed by atoms with E-state index >= 15 is 0 Å². The zero-order valence-electron chi connectivity index (χ0n) is 13.1. The predicted octanol–water partition coefficient (Wildman–Crippen LogP) is 0.619. The number of guanidine groups is 1. The molecule has 0 spiro atoms. The molecular formula is C14H25IN6O.